The zero-order valence-electron chi connectivity index (χ0n) is 13.1. The largest absolute Gasteiger partial charge is 0.478 e. The van der Waals surface area contributed by atoms with Crippen LogP contribution in [0.1, 0.15) is 57.1 Å². The Balaban J connectivity index is 2.98. The second kappa shape index (κ2) is 8.46. The Morgan fingerprint density at radius 1 is 1.29 bits per heavy atom. The third-order valence-electron chi connectivity index (χ3n) is 3.98. The SMILES string of the molecule is C=CC(C)(CCCCCC)c1ccccc1/C=C/C(=O)O. The third kappa shape index (κ3) is 5.22. The number of rotatable bonds is 9. The zero-order valence-corrected chi connectivity index (χ0v) is 13.1. The first-order valence-electron chi connectivity index (χ1n) is 7.67. The molecule has 0 aliphatic carbocycles. The van der Waals surface area contributed by atoms with Gasteiger partial charge in [-0.1, -0.05) is 69.9 Å². The summed E-state index contributed by atoms with van der Waals surface area (Å²) < 4.78 is 0. The first-order valence-corrected chi connectivity index (χ1v) is 7.67. The van der Waals surface area contributed by atoms with Crippen LogP contribution in [0.2, 0.25) is 0 Å². The van der Waals surface area contributed by atoms with E-state index in [4.69, 9.17) is 5.11 Å². The monoisotopic (exact) mass is 286 g/mol. The number of benzene rings is 1. The van der Waals surface area contributed by atoms with Gasteiger partial charge in [0.2, 0.25) is 0 Å². The first kappa shape index (κ1) is 17.2. The van der Waals surface area contributed by atoms with Crippen LogP contribution in [0.15, 0.2) is 43.0 Å². The van der Waals surface area contributed by atoms with Crippen LogP contribution in [-0.4, -0.2) is 11.1 Å². The molecule has 1 aromatic carbocycles. The van der Waals surface area contributed by atoms with E-state index in [0.717, 1.165) is 24.0 Å². The molecule has 1 aromatic rings. The molecule has 0 spiro atoms. The summed E-state index contributed by atoms with van der Waals surface area (Å²) in [6.45, 7) is 8.39. The van der Waals surface area contributed by atoms with Gasteiger partial charge in [0.1, 0.15) is 0 Å². The number of carboxylic acids is 1. The van der Waals surface area contributed by atoms with Gasteiger partial charge >= 0.3 is 5.97 Å². The molecule has 0 saturated heterocycles. The van der Waals surface area contributed by atoms with Gasteiger partial charge in [-0.05, 0) is 23.6 Å². The number of hydrogen-bond acceptors (Lipinski definition) is 1. The molecular formula is C19H26O2. The predicted molar refractivity (Wildman–Crippen MR) is 89.4 cm³/mol. The molecule has 114 valence electrons. The minimum absolute atomic E-state index is 0.118. The highest BCUT2D eigenvalue weighted by Gasteiger charge is 2.24. The highest BCUT2D eigenvalue weighted by molar-refractivity contribution is 5.85. The van der Waals surface area contributed by atoms with E-state index >= 15 is 0 Å². The second-order valence-corrected chi connectivity index (χ2v) is 5.69. The van der Waals surface area contributed by atoms with Gasteiger partial charge in [0.15, 0.2) is 0 Å². The summed E-state index contributed by atoms with van der Waals surface area (Å²) in [7, 11) is 0. The summed E-state index contributed by atoms with van der Waals surface area (Å²) in [5.41, 5.74) is 1.99. The summed E-state index contributed by atoms with van der Waals surface area (Å²) in [5, 5.41) is 8.82. The summed E-state index contributed by atoms with van der Waals surface area (Å²) >= 11 is 0. The molecule has 1 unspecified atom stereocenters. The summed E-state index contributed by atoms with van der Waals surface area (Å²) in [4.78, 5) is 10.7. The molecule has 1 atom stereocenters. The van der Waals surface area contributed by atoms with Crippen molar-refractivity contribution in [1.82, 2.24) is 0 Å². The fourth-order valence-electron chi connectivity index (χ4n) is 2.59. The minimum atomic E-state index is -0.923. The van der Waals surface area contributed by atoms with Gasteiger partial charge in [-0.25, -0.2) is 4.79 Å². The summed E-state index contributed by atoms with van der Waals surface area (Å²) in [6, 6.07) is 7.97. The van der Waals surface area contributed by atoms with Crippen molar-refractivity contribution >= 4 is 12.0 Å². The van der Waals surface area contributed by atoms with E-state index in [1.807, 2.05) is 24.3 Å². The van der Waals surface area contributed by atoms with E-state index in [1.54, 1.807) is 6.08 Å². The van der Waals surface area contributed by atoms with Crippen LogP contribution in [-0.2, 0) is 10.2 Å². The van der Waals surface area contributed by atoms with Crippen molar-refractivity contribution in [1.29, 1.82) is 0 Å². The van der Waals surface area contributed by atoms with Crippen LogP contribution in [0, 0.1) is 0 Å². The van der Waals surface area contributed by atoms with Crippen molar-refractivity contribution in [3.05, 3.63) is 54.1 Å². The maximum Gasteiger partial charge on any atom is 0.328 e. The van der Waals surface area contributed by atoms with Crippen LogP contribution < -0.4 is 0 Å². The Labute approximate surface area is 128 Å². The smallest absolute Gasteiger partial charge is 0.328 e. The molecule has 1 N–H and O–H groups in total. The Hall–Kier alpha value is -1.83. The standard InChI is InChI=1S/C19H26O2/c1-4-6-7-10-15-19(3,5-2)17-12-9-8-11-16(17)13-14-18(20)21/h5,8-9,11-14H,2,4,6-7,10,15H2,1,3H3,(H,20,21)/b14-13+. The Morgan fingerprint density at radius 3 is 2.62 bits per heavy atom. The van der Waals surface area contributed by atoms with Crippen LogP contribution >= 0.6 is 0 Å². The molecule has 0 aliphatic rings. The summed E-state index contributed by atoms with van der Waals surface area (Å²) in [6.07, 6.45) is 10.8. The van der Waals surface area contributed by atoms with E-state index in [2.05, 4.69) is 26.5 Å². The van der Waals surface area contributed by atoms with E-state index in [-0.39, 0.29) is 5.41 Å². The molecule has 0 heterocycles. The fraction of sp³-hybridized carbons (Fsp3) is 0.421. The van der Waals surface area contributed by atoms with Crippen LogP contribution in [0.5, 0.6) is 0 Å². The van der Waals surface area contributed by atoms with Crippen molar-refractivity contribution in [2.24, 2.45) is 0 Å². The van der Waals surface area contributed by atoms with E-state index in [1.165, 1.54) is 25.3 Å². The third-order valence-corrected chi connectivity index (χ3v) is 3.98. The van der Waals surface area contributed by atoms with E-state index in [0.29, 0.717) is 0 Å². The topological polar surface area (TPSA) is 37.3 Å². The number of aliphatic carboxylic acids is 1. The van der Waals surface area contributed by atoms with Gasteiger partial charge in [0, 0.05) is 11.5 Å². The molecule has 0 bridgehead atoms. The lowest BCUT2D eigenvalue weighted by atomic mass is 9.76. The maximum atomic E-state index is 10.7. The highest BCUT2D eigenvalue weighted by atomic mass is 16.4. The van der Waals surface area contributed by atoms with Gasteiger partial charge in [-0.3, -0.25) is 0 Å². The van der Waals surface area contributed by atoms with Crippen molar-refractivity contribution < 1.29 is 9.90 Å². The van der Waals surface area contributed by atoms with Crippen LogP contribution in [0.4, 0.5) is 0 Å². The Bertz CT molecular complexity index is 502. The molecule has 1 rings (SSSR count). The number of unbranched alkanes of at least 4 members (excludes halogenated alkanes) is 3. The second-order valence-electron chi connectivity index (χ2n) is 5.69. The maximum absolute atomic E-state index is 10.7. The molecule has 0 saturated carbocycles. The Morgan fingerprint density at radius 2 is 2.00 bits per heavy atom. The lowest BCUT2D eigenvalue weighted by Crippen LogP contribution is -2.20. The lowest BCUT2D eigenvalue weighted by Gasteiger charge is -2.28. The van der Waals surface area contributed by atoms with Gasteiger partial charge < -0.3 is 5.11 Å². The van der Waals surface area contributed by atoms with Crippen LogP contribution in [0.25, 0.3) is 6.08 Å². The fourth-order valence-corrected chi connectivity index (χ4v) is 2.59. The van der Waals surface area contributed by atoms with Crippen molar-refractivity contribution in [2.45, 2.75) is 51.4 Å². The number of allylic oxidation sites excluding steroid dienone is 1. The van der Waals surface area contributed by atoms with E-state index < -0.39 is 5.97 Å². The van der Waals surface area contributed by atoms with Crippen molar-refractivity contribution in [3.63, 3.8) is 0 Å². The molecule has 0 radical (unpaired) electrons. The molecule has 2 heteroatoms. The molecule has 2 nitrogen and oxygen atoms in total. The molecule has 21 heavy (non-hydrogen) atoms. The van der Waals surface area contributed by atoms with Crippen molar-refractivity contribution in [3.8, 4) is 0 Å². The zero-order chi connectivity index (χ0) is 15.7. The van der Waals surface area contributed by atoms with E-state index in [9.17, 15) is 4.79 Å². The highest BCUT2D eigenvalue weighted by Crippen LogP contribution is 2.34. The molecule has 0 amide bonds. The van der Waals surface area contributed by atoms with Gasteiger partial charge in [0.05, 0.1) is 0 Å². The van der Waals surface area contributed by atoms with Gasteiger partial charge in [-0.2, -0.15) is 0 Å². The number of carbonyl (C=O) groups is 1. The van der Waals surface area contributed by atoms with Crippen LogP contribution in [0.3, 0.4) is 0 Å². The molecule has 0 aromatic heterocycles. The van der Waals surface area contributed by atoms with Gasteiger partial charge in [0.25, 0.3) is 0 Å². The average molecular weight is 286 g/mol. The Kier molecular flexibility index (Phi) is 6.93. The average Bonchev–Trinajstić information content (AvgIpc) is 2.49. The first-order chi connectivity index (χ1) is 10.0. The summed E-state index contributed by atoms with van der Waals surface area (Å²) in [5.74, 6) is -0.923. The molecule has 0 aliphatic heterocycles. The normalized spacial score (nSPS) is 14.0. The minimum Gasteiger partial charge on any atom is -0.478 e. The predicted octanol–water partition coefficient (Wildman–Crippen LogP) is 5.20. The number of hydrogen-bond donors (Lipinski definition) is 1. The quantitative estimate of drug-likeness (QED) is 0.385. The molecular weight excluding hydrogens is 260 g/mol. The lowest BCUT2D eigenvalue weighted by molar-refractivity contribution is -0.131. The van der Waals surface area contributed by atoms with Crippen molar-refractivity contribution in [2.75, 3.05) is 0 Å². The van der Waals surface area contributed by atoms with Gasteiger partial charge in [-0.15, -0.1) is 6.58 Å². The number of carboxylic acid groups (broad SMARTS) is 1. The molecule has 0 fully saturated rings.